The summed E-state index contributed by atoms with van der Waals surface area (Å²) in [5, 5.41) is 13.2. The molecule has 1 aliphatic rings. The molecule has 0 amide bonds. The molecule has 16 heavy (non-hydrogen) atoms. The molecule has 2 rings (SSSR count). The summed E-state index contributed by atoms with van der Waals surface area (Å²) in [7, 11) is 0. The molecule has 0 aliphatic carbocycles. The van der Waals surface area contributed by atoms with Gasteiger partial charge in [-0.3, -0.25) is 0 Å². The maximum Gasteiger partial charge on any atom is 0.165 e. The van der Waals surface area contributed by atoms with Gasteiger partial charge in [0.1, 0.15) is 0 Å². The Kier molecular flexibility index (Phi) is 2.89. The summed E-state index contributed by atoms with van der Waals surface area (Å²) in [5.74, 6) is -0.710. The van der Waals surface area contributed by atoms with Crippen LogP contribution < -0.4 is 5.32 Å². The Morgan fingerprint density at radius 1 is 1.50 bits per heavy atom. The number of aromatic hydroxyl groups is 1. The molecule has 1 heterocycles. The van der Waals surface area contributed by atoms with Crippen LogP contribution in [0.3, 0.4) is 0 Å². The molecule has 0 spiro atoms. The average Bonchev–Trinajstić information content (AvgIpc) is 2.70. The molecule has 0 saturated carbocycles. The number of hydrogen-bond acceptors (Lipinski definition) is 2. The molecule has 1 aromatic carbocycles. The van der Waals surface area contributed by atoms with Crippen molar-refractivity contribution in [1.29, 1.82) is 0 Å². The number of hydrogen-bond donors (Lipinski definition) is 2. The van der Waals surface area contributed by atoms with Crippen molar-refractivity contribution in [3.05, 3.63) is 29.1 Å². The van der Waals surface area contributed by atoms with Crippen LogP contribution in [0.5, 0.6) is 5.75 Å². The summed E-state index contributed by atoms with van der Waals surface area (Å²) in [6, 6.07) is 3.33. The fourth-order valence-corrected chi connectivity index (χ4v) is 2.40. The third kappa shape index (κ3) is 1.80. The van der Waals surface area contributed by atoms with Crippen molar-refractivity contribution in [1.82, 2.24) is 5.32 Å². The highest BCUT2D eigenvalue weighted by molar-refractivity contribution is 5.42. The monoisotopic (exact) mass is 223 g/mol. The van der Waals surface area contributed by atoms with Gasteiger partial charge in [-0.2, -0.15) is 0 Å². The van der Waals surface area contributed by atoms with Crippen molar-refractivity contribution in [3.8, 4) is 5.75 Å². The zero-order valence-corrected chi connectivity index (χ0v) is 9.81. The molecule has 0 bridgehead atoms. The van der Waals surface area contributed by atoms with E-state index in [4.69, 9.17) is 0 Å². The lowest BCUT2D eigenvalue weighted by Crippen LogP contribution is -2.33. The number of halogens is 1. The Labute approximate surface area is 95.5 Å². The van der Waals surface area contributed by atoms with Gasteiger partial charge in [-0.15, -0.1) is 0 Å². The smallest absolute Gasteiger partial charge is 0.165 e. The third-order valence-corrected chi connectivity index (χ3v) is 3.49. The second kappa shape index (κ2) is 4.06. The van der Waals surface area contributed by atoms with Crippen LogP contribution in [0, 0.1) is 5.82 Å². The van der Waals surface area contributed by atoms with Gasteiger partial charge in [0, 0.05) is 11.1 Å². The van der Waals surface area contributed by atoms with Gasteiger partial charge in [0.15, 0.2) is 11.6 Å². The van der Waals surface area contributed by atoms with Gasteiger partial charge in [0.2, 0.25) is 0 Å². The number of phenols is 1. The molecule has 2 N–H and O–H groups in total. The van der Waals surface area contributed by atoms with E-state index in [1.807, 2.05) is 19.9 Å². The SMILES string of the molecule is CCc1cc(F)c(O)c(C2(C)CCCN2)c1. The van der Waals surface area contributed by atoms with Crippen LogP contribution in [0.2, 0.25) is 0 Å². The van der Waals surface area contributed by atoms with E-state index in [9.17, 15) is 9.50 Å². The summed E-state index contributed by atoms with van der Waals surface area (Å²) in [5.41, 5.74) is 1.35. The first kappa shape index (κ1) is 11.4. The first-order valence-electron chi connectivity index (χ1n) is 5.84. The van der Waals surface area contributed by atoms with Gasteiger partial charge in [-0.25, -0.2) is 4.39 Å². The average molecular weight is 223 g/mol. The highest BCUT2D eigenvalue weighted by Gasteiger charge is 2.33. The standard InChI is InChI=1S/C13H18FNO/c1-3-9-7-10(12(16)11(14)8-9)13(2)5-4-6-15-13/h7-8,15-16H,3-6H2,1-2H3. The minimum Gasteiger partial charge on any atom is -0.505 e. The van der Waals surface area contributed by atoms with E-state index in [1.165, 1.54) is 6.07 Å². The Balaban J connectivity index is 2.50. The van der Waals surface area contributed by atoms with Gasteiger partial charge >= 0.3 is 0 Å². The molecule has 2 nitrogen and oxygen atoms in total. The molecule has 0 aromatic heterocycles. The van der Waals surface area contributed by atoms with Crippen molar-refractivity contribution < 1.29 is 9.50 Å². The van der Waals surface area contributed by atoms with E-state index in [0.717, 1.165) is 31.4 Å². The number of rotatable bonds is 2. The van der Waals surface area contributed by atoms with E-state index in [-0.39, 0.29) is 11.3 Å². The van der Waals surface area contributed by atoms with Crippen molar-refractivity contribution >= 4 is 0 Å². The van der Waals surface area contributed by atoms with Gasteiger partial charge in [-0.05, 0) is 44.4 Å². The molecule has 3 heteroatoms. The highest BCUT2D eigenvalue weighted by atomic mass is 19.1. The first-order valence-corrected chi connectivity index (χ1v) is 5.84. The van der Waals surface area contributed by atoms with Crippen molar-refractivity contribution in [2.24, 2.45) is 0 Å². The Hall–Kier alpha value is -1.09. The summed E-state index contributed by atoms with van der Waals surface area (Å²) in [6.45, 7) is 4.93. The molecular weight excluding hydrogens is 205 g/mol. The van der Waals surface area contributed by atoms with Gasteiger partial charge in [0.25, 0.3) is 0 Å². The first-order chi connectivity index (χ1) is 7.57. The quantitative estimate of drug-likeness (QED) is 0.808. The lowest BCUT2D eigenvalue weighted by molar-refractivity contribution is 0.374. The van der Waals surface area contributed by atoms with E-state index in [0.29, 0.717) is 5.56 Å². The van der Waals surface area contributed by atoms with E-state index >= 15 is 0 Å². The van der Waals surface area contributed by atoms with Crippen LogP contribution in [0.15, 0.2) is 12.1 Å². The third-order valence-electron chi connectivity index (χ3n) is 3.49. The highest BCUT2D eigenvalue weighted by Crippen LogP contribution is 2.37. The van der Waals surface area contributed by atoms with E-state index < -0.39 is 5.82 Å². The van der Waals surface area contributed by atoms with Crippen LogP contribution >= 0.6 is 0 Å². The zero-order valence-electron chi connectivity index (χ0n) is 9.81. The number of aryl methyl sites for hydroxylation is 1. The van der Waals surface area contributed by atoms with E-state index in [1.54, 1.807) is 0 Å². The second-order valence-corrected chi connectivity index (χ2v) is 4.69. The second-order valence-electron chi connectivity index (χ2n) is 4.69. The van der Waals surface area contributed by atoms with E-state index in [2.05, 4.69) is 5.32 Å². The van der Waals surface area contributed by atoms with Crippen LogP contribution in [-0.2, 0) is 12.0 Å². The number of nitrogens with one attached hydrogen (secondary N) is 1. The number of phenolic OH excluding ortho intramolecular Hbond substituents is 1. The fourth-order valence-electron chi connectivity index (χ4n) is 2.40. The minimum atomic E-state index is -0.510. The van der Waals surface area contributed by atoms with Crippen molar-refractivity contribution in [2.75, 3.05) is 6.54 Å². The summed E-state index contributed by atoms with van der Waals surface area (Å²) in [6.07, 6.45) is 2.78. The van der Waals surface area contributed by atoms with Crippen LogP contribution in [0.1, 0.15) is 37.8 Å². The van der Waals surface area contributed by atoms with Crippen molar-refractivity contribution in [3.63, 3.8) is 0 Å². The normalized spacial score (nSPS) is 24.9. The van der Waals surface area contributed by atoms with Gasteiger partial charge in [0.05, 0.1) is 0 Å². The fraction of sp³-hybridized carbons (Fsp3) is 0.538. The van der Waals surface area contributed by atoms with Crippen LogP contribution in [-0.4, -0.2) is 11.7 Å². The summed E-state index contributed by atoms with van der Waals surface area (Å²) < 4.78 is 13.6. The molecule has 1 fully saturated rings. The molecule has 0 radical (unpaired) electrons. The predicted octanol–water partition coefficient (Wildman–Crippen LogP) is 2.69. The molecule has 1 saturated heterocycles. The predicted molar refractivity (Wildman–Crippen MR) is 62.0 cm³/mol. The summed E-state index contributed by atoms with van der Waals surface area (Å²) in [4.78, 5) is 0. The van der Waals surface area contributed by atoms with Gasteiger partial charge in [-0.1, -0.05) is 13.0 Å². The zero-order chi connectivity index (χ0) is 11.8. The Morgan fingerprint density at radius 3 is 2.81 bits per heavy atom. The summed E-state index contributed by atoms with van der Waals surface area (Å²) >= 11 is 0. The molecule has 1 aliphatic heterocycles. The topological polar surface area (TPSA) is 32.3 Å². The van der Waals surface area contributed by atoms with Crippen LogP contribution in [0.25, 0.3) is 0 Å². The molecule has 88 valence electrons. The minimum absolute atomic E-state index is 0.200. The molecule has 1 aromatic rings. The van der Waals surface area contributed by atoms with Crippen molar-refractivity contribution in [2.45, 2.75) is 38.6 Å². The molecule has 1 atom stereocenters. The number of benzene rings is 1. The Morgan fingerprint density at radius 2 is 2.25 bits per heavy atom. The lowest BCUT2D eigenvalue weighted by atomic mass is 9.88. The largest absolute Gasteiger partial charge is 0.505 e. The maximum atomic E-state index is 13.6. The van der Waals surface area contributed by atoms with Crippen LogP contribution in [0.4, 0.5) is 4.39 Å². The lowest BCUT2D eigenvalue weighted by Gasteiger charge is -2.26. The van der Waals surface area contributed by atoms with Gasteiger partial charge < -0.3 is 10.4 Å². The molecule has 1 unspecified atom stereocenters. The Bertz CT molecular complexity index is 397. The maximum absolute atomic E-state index is 13.6. The molecular formula is C13H18FNO.